The monoisotopic (exact) mass is 752 g/mol. The maximum Gasteiger partial charge on any atom is 0.456 e. The molecule has 3 rings (SSSR count). The molecule has 0 aromatic heterocycles. The number of unbranched alkanes of at least 4 members (excludes halogenated alkanes) is 1. The van der Waals surface area contributed by atoms with Crippen molar-refractivity contribution in [1.82, 2.24) is 26.2 Å². The van der Waals surface area contributed by atoms with Crippen LogP contribution in [0.1, 0.15) is 57.1 Å². The zero-order valence-corrected chi connectivity index (χ0v) is 32.1. The summed E-state index contributed by atoms with van der Waals surface area (Å²) in [5, 5.41) is 31.4. The quantitative estimate of drug-likeness (QED) is 0.0562. The van der Waals surface area contributed by atoms with Crippen LogP contribution in [0.25, 0.3) is 0 Å². The van der Waals surface area contributed by atoms with Gasteiger partial charge in [0.05, 0.1) is 25.9 Å². The summed E-state index contributed by atoms with van der Waals surface area (Å²) in [6, 6.07) is 14.8. The molecule has 54 heavy (non-hydrogen) atoms. The van der Waals surface area contributed by atoms with Gasteiger partial charge in [-0.15, -0.1) is 0 Å². The number of likely N-dealkylation sites (tertiary alicyclic amines) is 1. The Kier molecular flexibility index (Phi) is 20.2. The maximum absolute atomic E-state index is 14.0. The van der Waals surface area contributed by atoms with Gasteiger partial charge in [0.15, 0.2) is 0 Å². The van der Waals surface area contributed by atoms with E-state index in [1.807, 2.05) is 74.5 Å². The fourth-order valence-corrected chi connectivity index (χ4v) is 6.37. The predicted molar refractivity (Wildman–Crippen MR) is 208 cm³/mol. The van der Waals surface area contributed by atoms with E-state index >= 15 is 0 Å². The summed E-state index contributed by atoms with van der Waals surface area (Å²) < 4.78 is 10.4. The average Bonchev–Trinajstić information content (AvgIpc) is 3.66. The van der Waals surface area contributed by atoms with Crippen LogP contribution < -0.4 is 27.0 Å². The predicted octanol–water partition coefficient (Wildman–Crippen LogP) is 0.798. The van der Waals surface area contributed by atoms with Gasteiger partial charge in [-0.25, -0.2) is 0 Å². The molecule has 0 spiro atoms. The smallest absolute Gasteiger partial charge is 0.427 e. The Balaban J connectivity index is 1.71. The second-order valence-corrected chi connectivity index (χ2v) is 14.4. The van der Waals surface area contributed by atoms with Crippen molar-refractivity contribution >= 4 is 30.7 Å². The van der Waals surface area contributed by atoms with Crippen molar-refractivity contribution in [2.75, 3.05) is 53.1 Å². The Hall–Kier alpha value is -3.86. The van der Waals surface area contributed by atoms with Crippen molar-refractivity contribution in [2.24, 2.45) is 11.7 Å². The molecule has 0 unspecified atom stereocenters. The number of nitrogens with one attached hydrogen (secondary N) is 4. The lowest BCUT2D eigenvalue weighted by atomic mass is 9.72. The second kappa shape index (κ2) is 24.5. The van der Waals surface area contributed by atoms with Crippen LogP contribution >= 0.6 is 0 Å². The van der Waals surface area contributed by atoms with Gasteiger partial charge in [-0.1, -0.05) is 74.5 Å². The van der Waals surface area contributed by atoms with Crippen molar-refractivity contribution in [1.29, 1.82) is 0 Å². The van der Waals surface area contributed by atoms with Crippen molar-refractivity contribution in [3.8, 4) is 0 Å². The van der Waals surface area contributed by atoms with Crippen molar-refractivity contribution in [2.45, 2.75) is 88.8 Å². The van der Waals surface area contributed by atoms with Crippen molar-refractivity contribution < 1.29 is 38.7 Å². The van der Waals surface area contributed by atoms with Gasteiger partial charge in [0.2, 0.25) is 23.6 Å². The Labute approximate surface area is 320 Å². The Morgan fingerprint density at radius 3 is 2.04 bits per heavy atom. The fraction of sp³-hybridized carbons (Fsp3) is 0.590. The van der Waals surface area contributed by atoms with Gasteiger partial charge < -0.3 is 51.4 Å². The number of amides is 4. The Morgan fingerprint density at radius 1 is 0.815 bits per heavy atom. The fourth-order valence-electron chi connectivity index (χ4n) is 6.37. The molecule has 4 amide bonds. The molecule has 2 aromatic rings. The highest BCUT2D eigenvalue weighted by atomic mass is 16.5. The highest BCUT2D eigenvalue weighted by Crippen LogP contribution is 2.24. The summed E-state index contributed by atoms with van der Waals surface area (Å²) in [5.74, 6) is -2.31. The number of rotatable bonds is 25. The van der Waals surface area contributed by atoms with Crippen LogP contribution in [0, 0.1) is 5.92 Å². The van der Waals surface area contributed by atoms with Crippen LogP contribution in [-0.4, -0.2) is 123 Å². The van der Waals surface area contributed by atoms with Gasteiger partial charge in [0, 0.05) is 39.0 Å². The number of hydrogen-bond donors (Lipinski definition) is 7. The van der Waals surface area contributed by atoms with Crippen LogP contribution in [0.5, 0.6) is 0 Å². The first kappa shape index (κ1) is 44.5. The van der Waals surface area contributed by atoms with E-state index in [0.717, 1.165) is 17.5 Å². The first-order valence-corrected chi connectivity index (χ1v) is 19.1. The largest absolute Gasteiger partial charge is 0.456 e. The number of methoxy groups -OCH3 is 1. The highest BCUT2D eigenvalue weighted by molar-refractivity contribution is 6.43. The van der Waals surface area contributed by atoms with Gasteiger partial charge in [-0.05, 0) is 62.1 Å². The zero-order valence-electron chi connectivity index (χ0n) is 32.1. The standard InChI is InChI=1S/C39H61BN6O8/c1-28(2)24-34(45-38(49)35(26-30-14-8-5-9-15-30)44-36(47)32(41)25-29-12-6-4-7-13-29)37(48)43-33(39(50)46-20-17-31(27-46)40(51)52)16-10-11-18-42-19-21-54-23-22-53-3/h4-9,12-15,28,31-35,42,51-52H,10-11,16-27,41H2,1-3H3,(H,43,48)(H,44,47)(H,45,49)/t31-,32-,33-,34-,35-/m1/s1. The summed E-state index contributed by atoms with van der Waals surface area (Å²) in [7, 11) is 0.0828. The second-order valence-electron chi connectivity index (χ2n) is 14.4. The van der Waals surface area contributed by atoms with Crippen LogP contribution in [0.3, 0.4) is 0 Å². The Bertz CT molecular complexity index is 1410. The highest BCUT2D eigenvalue weighted by Gasteiger charge is 2.37. The molecule has 298 valence electrons. The average molecular weight is 753 g/mol. The van der Waals surface area contributed by atoms with Crippen molar-refractivity contribution in [3.63, 3.8) is 0 Å². The molecule has 2 aromatic carbocycles. The summed E-state index contributed by atoms with van der Waals surface area (Å²) in [6.45, 7) is 7.35. The molecule has 8 N–H and O–H groups in total. The van der Waals surface area contributed by atoms with Crippen LogP contribution in [0.15, 0.2) is 60.7 Å². The number of nitrogens with zero attached hydrogens (tertiary/aromatic N) is 1. The summed E-state index contributed by atoms with van der Waals surface area (Å²) in [4.78, 5) is 56.6. The molecule has 0 saturated carbocycles. The lowest BCUT2D eigenvalue weighted by molar-refractivity contribution is -0.137. The SMILES string of the molecule is COCCOCCNCCCC[C@@H](NC(=O)[C@@H](CC(C)C)NC(=O)[C@@H](Cc1ccccc1)NC(=O)[C@H](N)Cc1ccccc1)C(=O)N1CC[C@@H](B(O)O)C1. The van der Waals surface area contributed by atoms with E-state index in [-0.39, 0.29) is 37.6 Å². The molecular formula is C39H61BN6O8. The molecule has 14 nitrogen and oxygen atoms in total. The summed E-state index contributed by atoms with van der Waals surface area (Å²) in [5.41, 5.74) is 7.98. The summed E-state index contributed by atoms with van der Waals surface area (Å²) >= 11 is 0. The number of nitrogens with two attached hydrogens (primary N) is 1. The molecule has 1 aliphatic heterocycles. The molecule has 1 saturated heterocycles. The third-order valence-electron chi connectivity index (χ3n) is 9.41. The van der Waals surface area contributed by atoms with Crippen LogP contribution in [-0.2, 0) is 41.5 Å². The van der Waals surface area contributed by atoms with E-state index < -0.39 is 54.8 Å². The zero-order chi connectivity index (χ0) is 39.3. The first-order valence-electron chi connectivity index (χ1n) is 19.1. The lowest BCUT2D eigenvalue weighted by Crippen LogP contribution is -2.58. The minimum atomic E-state index is -1.54. The first-order chi connectivity index (χ1) is 26.0. The van der Waals surface area contributed by atoms with E-state index in [1.54, 1.807) is 12.0 Å². The third kappa shape index (κ3) is 16.3. The van der Waals surface area contributed by atoms with Gasteiger partial charge in [0.25, 0.3) is 0 Å². The molecule has 0 radical (unpaired) electrons. The van der Waals surface area contributed by atoms with Crippen LogP contribution in [0.4, 0.5) is 0 Å². The third-order valence-corrected chi connectivity index (χ3v) is 9.41. The van der Waals surface area contributed by atoms with E-state index in [9.17, 15) is 29.2 Å². The molecule has 0 bridgehead atoms. The van der Waals surface area contributed by atoms with Gasteiger partial charge >= 0.3 is 7.12 Å². The van der Waals surface area contributed by atoms with Gasteiger partial charge in [-0.2, -0.15) is 0 Å². The molecular weight excluding hydrogens is 691 g/mol. The van der Waals surface area contributed by atoms with E-state index in [2.05, 4.69) is 21.3 Å². The van der Waals surface area contributed by atoms with E-state index in [1.165, 1.54) is 0 Å². The van der Waals surface area contributed by atoms with Gasteiger partial charge in [-0.3, -0.25) is 19.2 Å². The number of ether oxygens (including phenoxy) is 2. The minimum absolute atomic E-state index is 0.00611. The maximum atomic E-state index is 14.0. The molecule has 0 aliphatic carbocycles. The molecule has 1 fully saturated rings. The van der Waals surface area contributed by atoms with Crippen molar-refractivity contribution in [3.05, 3.63) is 71.8 Å². The van der Waals surface area contributed by atoms with E-state index in [4.69, 9.17) is 15.2 Å². The molecule has 5 atom stereocenters. The lowest BCUT2D eigenvalue weighted by Gasteiger charge is -2.28. The van der Waals surface area contributed by atoms with E-state index in [0.29, 0.717) is 58.7 Å². The Morgan fingerprint density at radius 2 is 1.43 bits per heavy atom. The number of carbonyl (C=O) groups excluding carboxylic acids is 4. The number of carbonyl (C=O) groups is 4. The normalized spacial score (nSPS) is 16.4. The van der Waals surface area contributed by atoms with Crippen LogP contribution in [0.2, 0.25) is 5.82 Å². The minimum Gasteiger partial charge on any atom is -0.427 e. The van der Waals surface area contributed by atoms with Gasteiger partial charge in [0.1, 0.15) is 18.1 Å². The molecule has 1 heterocycles. The molecule has 15 heteroatoms. The topological polar surface area (TPSA) is 205 Å². The number of hydrogen-bond acceptors (Lipinski definition) is 10. The number of benzene rings is 2. The molecule has 1 aliphatic rings. The summed E-state index contributed by atoms with van der Waals surface area (Å²) in [6.07, 6.45) is 2.92.